The first-order chi connectivity index (χ1) is 13.7. The fourth-order valence-electron chi connectivity index (χ4n) is 3.55. The van der Waals surface area contributed by atoms with Crippen LogP contribution in [0.4, 0.5) is 18.9 Å². The molecule has 0 spiro atoms. The van der Waals surface area contributed by atoms with Crippen molar-refractivity contribution in [3.8, 4) is 0 Å². The quantitative estimate of drug-likeness (QED) is 0.493. The first-order valence-electron chi connectivity index (χ1n) is 8.80. The second-order valence-electron chi connectivity index (χ2n) is 6.82. The third-order valence-corrected chi connectivity index (χ3v) is 4.86. The Bertz CT molecular complexity index is 1170. The highest BCUT2D eigenvalue weighted by molar-refractivity contribution is 6.21. The topological polar surface area (TPSA) is 67.6 Å². The summed E-state index contributed by atoms with van der Waals surface area (Å²) in [6.45, 7) is 0. The lowest BCUT2D eigenvalue weighted by Crippen LogP contribution is -2.30. The molecule has 0 aliphatic carbocycles. The Morgan fingerprint density at radius 2 is 1.72 bits per heavy atom. The van der Waals surface area contributed by atoms with E-state index in [0.717, 1.165) is 22.6 Å². The van der Waals surface area contributed by atoms with Gasteiger partial charge in [0.25, 0.3) is 0 Å². The molecule has 1 aromatic heterocycles. The van der Waals surface area contributed by atoms with Crippen LogP contribution in [0.1, 0.15) is 17.5 Å². The van der Waals surface area contributed by atoms with Crippen molar-refractivity contribution >= 4 is 28.5 Å². The van der Waals surface area contributed by atoms with Gasteiger partial charge in [-0.2, -0.15) is 13.2 Å². The maximum absolute atomic E-state index is 13.2. The summed E-state index contributed by atoms with van der Waals surface area (Å²) >= 11 is 0. The predicted molar refractivity (Wildman–Crippen MR) is 98.2 cm³/mol. The van der Waals surface area contributed by atoms with Gasteiger partial charge in [0, 0.05) is 23.9 Å². The Morgan fingerprint density at radius 3 is 2.41 bits per heavy atom. The highest BCUT2D eigenvalue weighted by Gasteiger charge is 2.40. The van der Waals surface area contributed by atoms with Gasteiger partial charge in [-0.1, -0.05) is 30.3 Å². The molecule has 0 unspecified atom stereocenters. The van der Waals surface area contributed by atoms with Crippen LogP contribution in [0.2, 0.25) is 0 Å². The second kappa shape index (κ2) is 6.88. The Balaban J connectivity index is 1.70. The number of anilines is 1. The van der Waals surface area contributed by atoms with E-state index < -0.39 is 35.1 Å². The van der Waals surface area contributed by atoms with Gasteiger partial charge < -0.3 is 4.42 Å². The van der Waals surface area contributed by atoms with Crippen molar-refractivity contribution in [1.82, 2.24) is 0 Å². The molecule has 5 nitrogen and oxygen atoms in total. The third kappa shape index (κ3) is 3.53. The molecule has 4 rings (SSSR count). The molecule has 29 heavy (non-hydrogen) atoms. The Morgan fingerprint density at radius 1 is 1.00 bits per heavy atom. The SMILES string of the molecule is O=C1C[C@H](Cc2ccccc2)C(=O)N1c1ccc2c(C(F)(F)F)cc(=O)oc2c1. The first-order valence-corrected chi connectivity index (χ1v) is 8.80. The number of hydrogen-bond acceptors (Lipinski definition) is 4. The van der Waals surface area contributed by atoms with Crippen LogP contribution in [0.15, 0.2) is 63.8 Å². The van der Waals surface area contributed by atoms with E-state index >= 15 is 0 Å². The van der Waals surface area contributed by atoms with E-state index in [4.69, 9.17) is 4.42 Å². The van der Waals surface area contributed by atoms with Crippen molar-refractivity contribution in [3.05, 3.63) is 76.1 Å². The van der Waals surface area contributed by atoms with Crippen LogP contribution in [-0.2, 0) is 22.2 Å². The van der Waals surface area contributed by atoms with E-state index in [1.165, 1.54) is 6.07 Å². The lowest BCUT2D eigenvalue weighted by molar-refractivity contribution is -0.136. The molecule has 1 saturated heterocycles. The third-order valence-electron chi connectivity index (χ3n) is 4.86. The summed E-state index contributed by atoms with van der Waals surface area (Å²) in [6.07, 6.45) is -4.36. The Kier molecular flexibility index (Phi) is 4.49. The summed E-state index contributed by atoms with van der Waals surface area (Å²) in [5.41, 5.74) is -1.65. The van der Waals surface area contributed by atoms with E-state index in [1.807, 2.05) is 30.3 Å². The number of amides is 2. The number of imide groups is 1. The lowest BCUT2D eigenvalue weighted by Gasteiger charge is -2.16. The van der Waals surface area contributed by atoms with Crippen molar-refractivity contribution < 1.29 is 27.2 Å². The van der Waals surface area contributed by atoms with Crippen molar-refractivity contribution in [2.24, 2.45) is 5.92 Å². The fourth-order valence-corrected chi connectivity index (χ4v) is 3.55. The molecule has 8 heteroatoms. The molecule has 2 amide bonds. The predicted octanol–water partition coefficient (Wildman–Crippen LogP) is 3.93. The standard InChI is InChI=1S/C21H14F3NO4/c22-21(23,24)16-11-19(27)29-17-10-14(6-7-15(16)17)25-18(26)9-13(20(25)28)8-12-4-2-1-3-5-12/h1-7,10-11,13H,8-9H2/t13-/m0/s1. The van der Waals surface area contributed by atoms with E-state index in [9.17, 15) is 27.6 Å². The number of benzene rings is 2. The fraction of sp³-hybridized carbons (Fsp3) is 0.190. The van der Waals surface area contributed by atoms with Crippen LogP contribution in [-0.4, -0.2) is 11.8 Å². The van der Waals surface area contributed by atoms with Gasteiger partial charge in [0.15, 0.2) is 0 Å². The molecule has 2 aromatic carbocycles. The molecule has 0 radical (unpaired) electrons. The summed E-state index contributed by atoms with van der Waals surface area (Å²) in [4.78, 5) is 37.7. The van der Waals surface area contributed by atoms with Crippen LogP contribution >= 0.6 is 0 Å². The second-order valence-corrected chi connectivity index (χ2v) is 6.82. The Hall–Kier alpha value is -3.42. The highest BCUT2D eigenvalue weighted by atomic mass is 19.4. The first kappa shape index (κ1) is 18.9. The zero-order valence-corrected chi connectivity index (χ0v) is 14.9. The van der Waals surface area contributed by atoms with Crippen molar-refractivity contribution in [1.29, 1.82) is 0 Å². The highest BCUT2D eigenvalue weighted by Crippen LogP contribution is 2.36. The molecule has 1 fully saturated rings. The number of halogens is 3. The van der Waals surface area contributed by atoms with Crippen LogP contribution in [0.5, 0.6) is 0 Å². The normalized spacial score (nSPS) is 17.3. The van der Waals surface area contributed by atoms with Crippen molar-refractivity contribution in [2.75, 3.05) is 4.90 Å². The minimum Gasteiger partial charge on any atom is -0.423 e. The van der Waals surface area contributed by atoms with E-state index in [2.05, 4.69) is 0 Å². The van der Waals surface area contributed by atoms with Crippen LogP contribution < -0.4 is 10.5 Å². The number of hydrogen-bond donors (Lipinski definition) is 0. The number of rotatable bonds is 3. The van der Waals surface area contributed by atoms with Crippen molar-refractivity contribution in [3.63, 3.8) is 0 Å². The number of carbonyl (C=O) groups is 2. The monoisotopic (exact) mass is 401 g/mol. The molecule has 1 atom stereocenters. The average Bonchev–Trinajstić information content (AvgIpc) is 2.94. The maximum Gasteiger partial charge on any atom is 0.417 e. The van der Waals surface area contributed by atoms with Crippen LogP contribution in [0.25, 0.3) is 11.0 Å². The van der Waals surface area contributed by atoms with E-state index in [-0.39, 0.29) is 23.1 Å². The average molecular weight is 401 g/mol. The van der Waals surface area contributed by atoms with Gasteiger partial charge in [0.05, 0.1) is 17.2 Å². The van der Waals surface area contributed by atoms with Gasteiger partial charge >= 0.3 is 11.8 Å². The lowest BCUT2D eigenvalue weighted by atomic mass is 9.98. The van der Waals surface area contributed by atoms with Crippen LogP contribution in [0.3, 0.4) is 0 Å². The molecule has 1 aliphatic rings. The summed E-state index contributed by atoms with van der Waals surface area (Å²) < 4.78 is 44.4. The largest absolute Gasteiger partial charge is 0.423 e. The van der Waals surface area contributed by atoms with Crippen LogP contribution in [0, 0.1) is 5.92 Å². The molecular weight excluding hydrogens is 387 g/mol. The molecule has 0 saturated carbocycles. The van der Waals surface area contributed by atoms with E-state index in [0.29, 0.717) is 12.5 Å². The van der Waals surface area contributed by atoms with Gasteiger partial charge in [-0.3, -0.25) is 14.5 Å². The summed E-state index contributed by atoms with van der Waals surface area (Å²) in [5, 5.41) is -0.319. The smallest absolute Gasteiger partial charge is 0.417 e. The van der Waals surface area contributed by atoms with Gasteiger partial charge in [0.1, 0.15) is 5.58 Å². The molecule has 3 aromatic rings. The Labute approximate surface area is 162 Å². The summed E-state index contributed by atoms with van der Waals surface area (Å²) in [6, 6.07) is 13.1. The van der Waals surface area contributed by atoms with Crippen molar-refractivity contribution in [2.45, 2.75) is 19.0 Å². The van der Waals surface area contributed by atoms with E-state index in [1.54, 1.807) is 0 Å². The van der Waals surface area contributed by atoms with Gasteiger partial charge in [-0.15, -0.1) is 0 Å². The molecule has 2 heterocycles. The minimum atomic E-state index is -4.74. The molecular formula is C21H14F3NO4. The number of fused-ring (bicyclic) bond motifs is 1. The molecule has 0 bridgehead atoms. The molecule has 148 valence electrons. The zero-order chi connectivity index (χ0) is 20.8. The van der Waals surface area contributed by atoms with Gasteiger partial charge in [-0.25, -0.2) is 4.79 Å². The van der Waals surface area contributed by atoms with Gasteiger partial charge in [-0.05, 0) is 24.1 Å². The zero-order valence-electron chi connectivity index (χ0n) is 14.9. The number of alkyl halides is 3. The summed E-state index contributed by atoms with van der Waals surface area (Å²) in [5.74, 6) is -1.45. The number of nitrogens with zero attached hydrogens (tertiary/aromatic N) is 1. The molecule has 0 N–H and O–H groups in total. The number of carbonyl (C=O) groups excluding carboxylic acids is 2. The molecule has 1 aliphatic heterocycles. The minimum absolute atomic E-state index is 0.00168. The maximum atomic E-state index is 13.2. The summed E-state index contributed by atoms with van der Waals surface area (Å²) in [7, 11) is 0. The van der Waals surface area contributed by atoms with Gasteiger partial charge in [0.2, 0.25) is 11.8 Å².